The summed E-state index contributed by atoms with van der Waals surface area (Å²) in [4.78, 5) is 15.5. The van der Waals surface area contributed by atoms with Crippen LogP contribution in [0.4, 0.5) is 5.69 Å². The molecule has 0 fully saturated rings. The first kappa shape index (κ1) is 15.5. The zero-order chi connectivity index (χ0) is 14.3. The van der Waals surface area contributed by atoms with Gasteiger partial charge in [0.25, 0.3) is 0 Å². The number of nitrogen functional groups attached to an aromatic ring is 1. The van der Waals surface area contributed by atoms with Gasteiger partial charge in [-0.3, -0.25) is 9.69 Å². The fourth-order valence-corrected chi connectivity index (χ4v) is 1.91. The van der Waals surface area contributed by atoms with Crippen molar-refractivity contribution in [2.24, 2.45) is 0 Å². The van der Waals surface area contributed by atoms with E-state index in [0.29, 0.717) is 6.42 Å². The summed E-state index contributed by atoms with van der Waals surface area (Å²) in [5.74, 6) is 0.198. The minimum absolute atomic E-state index is 0.198. The van der Waals surface area contributed by atoms with Crippen LogP contribution in [0.15, 0.2) is 24.3 Å². The molecule has 19 heavy (non-hydrogen) atoms. The lowest BCUT2D eigenvalue weighted by Crippen LogP contribution is -2.26. The zero-order valence-corrected chi connectivity index (χ0v) is 12.2. The zero-order valence-electron chi connectivity index (χ0n) is 12.2. The number of amides is 1. The summed E-state index contributed by atoms with van der Waals surface area (Å²) in [6, 6.07) is 7.98. The maximum Gasteiger partial charge on any atom is 0.222 e. The molecule has 4 nitrogen and oxygen atoms in total. The van der Waals surface area contributed by atoms with Crippen LogP contribution in [0.5, 0.6) is 0 Å². The Hall–Kier alpha value is -1.55. The summed E-state index contributed by atoms with van der Waals surface area (Å²) in [6.07, 6.45) is 1.52. The van der Waals surface area contributed by atoms with Crippen molar-refractivity contribution in [1.29, 1.82) is 0 Å². The molecule has 0 aromatic heterocycles. The second kappa shape index (κ2) is 7.79. The van der Waals surface area contributed by atoms with Crippen LogP contribution in [0.1, 0.15) is 25.3 Å². The first-order valence-corrected chi connectivity index (χ1v) is 6.80. The van der Waals surface area contributed by atoms with Crippen LogP contribution in [-0.2, 0) is 11.3 Å². The van der Waals surface area contributed by atoms with Gasteiger partial charge in [-0.25, -0.2) is 0 Å². The van der Waals surface area contributed by atoms with E-state index in [1.54, 1.807) is 19.0 Å². The van der Waals surface area contributed by atoms with Crippen molar-refractivity contribution in [3.05, 3.63) is 29.8 Å². The van der Waals surface area contributed by atoms with Crippen LogP contribution in [0.3, 0.4) is 0 Å². The second-order valence-electron chi connectivity index (χ2n) is 5.00. The molecule has 1 rings (SSSR count). The van der Waals surface area contributed by atoms with Crippen molar-refractivity contribution in [3.8, 4) is 0 Å². The molecular formula is C15H25N3O. The van der Waals surface area contributed by atoms with E-state index in [0.717, 1.165) is 31.7 Å². The summed E-state index contributed by atoms with van der Waals surface area (Å²) < 4.78 is 0. The van der Waals surface area contributed by atoms with E-state index in [-0.39, 0.29) is 5.91 Å². The molecule has 0 saturated carbocycles. The van der Waals surface area contributed by atoms with E-state index in [1.807, 2.05) is 12.1 Å². The molecule has 1 aromatic rings. The maximum absolute atomic E-state index is 11.5. The first-order valence-electron chi connectivity index (χ1n) is 6.80. The monoisotopic (exact) mass is 263 g/mol. The Labute approximate surface area is 116 Å². The van der Waals surface area contributed by atoms with Crippen molar-refractivity contribution < 1.29 is 4.79 Å². The molecule has 0 aliphatic carbocycles. The van der Waals surface area contributed by atoms with Gasteiger partial charge in [0, 0.05) is 32.7 Å². The summed E-state index contributed by atoms with van der Waals surface area (Å²) >= 11 is 0. The standard InChI is InChI=1S/C15H25N3O/c1-4-18(11-5-6-15(19)17(2)3)12-13-7-9-14(16)10-8-13/h7-10H,4-6,11-12,16H2,1-3H3. The predicted molar refractivity (Wildman–Crippen MR) is 79.7 cm³/mol. The minimum atomic E-state index is 0.198. The van der Waals surface area contributed by atoms with Crippen LogP contribution in [0.2, 0.25) is 0 Å². The number of hydrogen-bond acceptors (Lipinski definition) is 3. The van der Waals surface area contributed by atoms with Crippen molar-refractivity contribution in [2.75, 3.05) is 32.9 Å². The van der Waals surface area contributed by atoms with Crippen LogP contribution < -0.4 is 5.73 Å². The van der Waals surface area contributed by atoms with Gasteiger partial charge in [0.05, 0.1) is 0 Å². The molecule has 0 bridgehead atoms. The van der Waals surface area contributed by atoms with Crippen LogP contribution in [-0.4, -0.2) is 42.9 Å². The molecule has 1 aromatic carbocycles. The number of hydrogen-bond donors (Lipinski definition) is 1. The van der Waals surface area contributed by atoms with Gasteiger partial charge in [0.15, 0.2) is 0 Å². The average Bonchev–Trinajstić information content (AvgIpc) is 2.39. The number of carbonyl (C=O) groups excluding carboxylic acids is 1. The highest BCUT2D eigenvalue weighted by molar-refractivity contribution is 5.75. The molecule has 1 amide bonds. The van der Waals surface area contributed by atoms with Crippen molar-refractivity contribution in [1.82, 2.24) is 9.80 Å². The average molecular weight is 263 g/mol. The highest BCUT2D eigenvalue weighted by Crippen LogP contribution is 2.09. The Morgan fingerprint density at radius 3 is 2.37 bits per heavy atom. The van der Waals surface area contributed by atoms with Crippen LogP contribution >= 0.6 is 0 Å². The van der Waals surface area contributed by atoms with E-state index in [2.05, 4.69) is 24.0 Å². The van der Waals surface area contributed by atoms with E-state index >= 15 is 0 Å². The Morgan fingerprint density at radius 1 is 1.21 bits per heavy atom. The maximum atomic E-state index is 11.5. The quantitative estimate of drug-likeness (QED) is 0.765. The number of carbonyl (C=O) groups is 1. The Balaban J connectivity index is 2.37. The summed E-state index contributed by atoms with van der Waals surface area (Å²) in [5, 5.41) is 0. The van der Waals surface area contributed by atoms with Gasteiger partial charge in [-0.2, -0.15) is 0 Å². The van der Waals surface area contributed by atoms with Gasteiger partial charge < -0.3 is 10.6 Å². The molecule has 0 saturated heterocycles. The topological polar surface area (TPSA) is 49.6 Å². The lowest BCUT2D eigenvalue weighted by Gasteiger charge is -2.20. The molecule has 0 atom stereocenters. The van der Waals surface area contributed by atoms with Gasteiger partial charge in [-0.05, 0) is 37.2 Å². The Kier molecular flexibility index (Phi) is 6.36. The van der Waals surface area contributed by atoms with Gasteiger partial charge >= 0.3 is 0 Å². The molecule has 0 spiro atoms. The molecule has 0 heterocycles. The van der Waals surface area contributed by atoms with Gasteiger partial charge in [-0.1, -0.05) is 19.1 Å². The third-order valence-electron chi connectivity index (χ3n) is 3.20. The van der Waals surface area contributed by atoms with Crippen LogP contribution in [0, 0.1) is 0 Å². The van der Waals surface area contributed by atoms with Gasteiger partial charge in [0.1, 0.15) is 0 Å². The molecule has 106 valence electrons. The summed E-state index contributed by atoms with van der Waals surface area (Å²) in [7, 11) is 3.60. The fraction of sp³-hybridized carbons (Fsp3) is 0.533. The van der Waals surface area contributed by atoms with E-state index < -0.39 is 0 Å². The second-order valence-corrected chi connectivity index (χ2v) is 5.00. The third kappa shape index (κ3) is 5.75. The van der Waals surface area contributed by atoms with E-state index in [9.17, 15) is 4.79 Å². The lowest BCUT2D eigenvalue weighted by atomic mass is 10.2. The summed E-state index contributed by atoms with van der Waals surface area (Å²) in [6.45, 7) is 4.99. The molecule has 2 N–H and O–H groups in total. The molecule has 0 aliphatic heterocycles. The number of nitrogens with zero attached hydrogens (tertiary/aromatic N) is 2. The molecular weight excluding hydrogens is 238 g/mol. The van der Waals surface area contributed by atoms with E-state index in [4.69, 9.17) is 5.73 Å². The summed E-state index contributed by atoms with van der Waals surface area (Å²) in [5.41, 5.74) is 7.73. The van der Waals surface area contributed by atoms with Crippen molar-refractivity contribution in [2.45, 2.75) is 26.3 Å². The Bertz CT molecular complexity index is 387. The predicted octanol–water partition coefficient (Wildman–Crippen LogP) is 1.96. The van der Waals surface area contributed by atoms with Crippen molar-refractivity contribution in [3.63, 3.8) is 0 Å². The largest absolute Gasteiger partial charge is 0.399 e. The molecule has 0 unspecified atom stereocenters. The number of rotatable bonds is 7. The minimum Gasteiger partial charge on any atom is -0.399 e. The number of benzene rings is 1. The molecule has 4 heteroatoms. The third-order valence-corrected chi connectivity index (χ3v) is 3.20. The number of nitrogens with two attached hydrogens (primary N) is 1. The van der Waals surface area contributed by atoms with Gasteiger partial charge in [0.2, 0.25) is 5.91 Å². The fourth-order valence-electron chi connectivity index (χ4n) is 1.91. The lowest BCUT2D eigenvalue weighted by molar-refractivity contribution is -0.128. The SMILES string of the molecule is CCN(CCCC(=O)N(C)C)Cc1ccc(N)cc1. The van der Waals surface area contributed by atoms with Crippen molar-refractivity contribution >= 4 is 11.6 Å². The van der Waals surface area contributed by atoms with Gasteiger partial charge in [-0.15, -0.1) is 0 Å². The highest BCUT2D eigenvalue weighted by atomic mass is 16.2. The highest BCUT2D eigenvalue weighted by Gasteiger charge is 2.07. The normalized spacial score (nSPS) is 10.7. The smallest absolute Gasteiger partial charge is 0.222 e. The van der Waals surface area contributed by atoms with Crippen LogP contribution in [0.25, 0.3) is 0 Å². The Morgan fingerprint density at radius 2 is 1.84 bits per heavy atom. The molecule has 0 aliphatic rings. The first-order chi connectivity index (χ1) is 9.02. The molecule has 0 radical (unpaired) electrons. The van der Waals surface area contributed by atoms with E-state index in [1.165, 1.54) is 5.56 Å². The number of anilines is 1.